The summed E-state index contributed by atoms with van der Waals surface area (Å²) in [5.41, 5.74) is 5.43. The van der Waals surface area contributed by atoms with E-state index in [1.807, 2.05) is 56.3 Å². The number of benzene rings is 2. The molecule has 2 aliphatic rings. The summed E-state index contributed by atoms with van der Waals surface area (Å²) in [6.45, 7) is 6.58. The molecule has 2 aromatic carbocycles. The molecular weight excluding hydrogens is 399 g/mol. The number of nitrogens with zero attached hydrogens (tertiary/aromatic N) is 2. The van der Waals surface area contributed by atoms with Gasteiger partial charge in [-0.3, -0.25) is 14.7 Å². The summed E-state index contributed by atoms with van der Waals surface area (Å²) in [6.07, 6.45) is 2.60. The van der Waals surface area contributed by atoms with Crippen molar-refractivity contribution in [3.05, 3.63) is 100 Å². The molecule has 0 saturated carbocycles. The molecular formula is C28H29FN2O. The molecule has 0 N–H and O–H groups in total. The van der Waals surface area contributed by atoms with Gasteiger partial charge in [-0.05, 0) is 93.1 Å². The van der Waals surface area contributed by atoms with E-state index in [0.29, 0.717) is 0 Å². The molecule has 0 bridgehead atoms. The fourth-order valence-corrected chi connectivity index (χ4v) is 5.69. The number of carbonyl (C=O) groups excluding carboxylic acids is 1. The van der Waals surface area contributed by atoms with E-state index >= 15 is 0 Å². The minimum atomic E-state index is -0.587. The van der Waals surface area contributed by atoms with Gasteiger partial charge in [-0.2, -0.15) is 0 Å². The van der Waals surface area contributed by atoms with Crippen LogP contribution in [-0.2, 0) is 18.4 Å². The quantitative estimate of drug-likeness (QED) is 0.556. The smallest absolute Gasteiger partial charge is 0.175 e. The number of halogens is 1. The van der Waals surface area contributed by atoms with Gasteiger partial charge in [0, 0.05) is 17.8 Å². The lowest BCUT2D eigenvalue weighted by molar-refractivity contribution is 0.0726. The zero-order chi connectivity index (χ0) is 22.3. The molecule has 1 unspecified atom stereocenters. The number of likely N-dealkylation sites (tertiary alicyclic amines) is 1. The Labute approximate surface area is 189 Å². The van der Waals surface area contributed by atoms with Crippen LogP contribution in [0.25, 0.3) is 0 Å². The SMILES string of the molecule is Cc1cccc(C2(C3CCN(Cc4cc(F)ccc4C)CC3)Cc3ccccc3C2=O)n1. The lowest BCUT2D eigenvalue weighted by atomic mass is 9.66. The molecule has 32 heavy (non-hydrogen) atoms. The van der Waals surface area contributed by atoms with Gasteiger partial charge in [0.05, 0.1) is 11.1 Å². The summed E-state index contributed by atoms with van der Waals surface area (Å²) in [4.78, 5) is 21.1. The van der Waals surface area contributed by atoms with Gasteiger partial charge in [0.1, 0.15) is 5.82 Å². The maximum atomic E-state index is 13.9. The van der Waals surface area contributed by atoms with Crippen LogP contribution in [-0.4, -0.2) is 28.8 Å². The van der Waals surface area contributed by atoms with E-state index in [9.17, 15) is 9.18 Å². The van der Waals surface area contributed by atoms with Crippen LogP contribution in [0.5, 0.6) is 0 Å². The van der Waals surface area contributed by atoms with Crippen LogP contribution in [0.4, 0.5) is 4.39 Å². The second kappa shape index (κ2) is 8.25. The predicted octanol–water partition coefficient (Wildman–Crippen LogP) is 5.43. The van der Waals surface area contributed by atoms with Crippen molar-refractivity contribution < 1.29 is 9.18 Å². The summed E-state index contributed by atoms with van der Waals surface area (Å²) in [7, 11) is 0. The summed E-state index contributed by atoms with van der Waals surface area (Å²) >= 11 is 0. The van der Waals surface area contributed by atoms with Crippen molar-refractivity contribution in [3.63, 3.8) is 0 Å². The van der Waals surface area contributed by atoms with Crippen molar-refractivity contribution in [2.75, 3.05) is 13.1 Å². The zero-order valence-corrected chi connectivity index (χ0v) is 18.8. The van der Waals surface area contributed by atoms with Gasteiger partial charge in [-0.15, -0.1) is 0 Å². The van der Waals surface area contributed by atoms with Crippen LogP contribution < -0.4 is 0 Å². The number of Topliss-reactive ketones (excluding diaryl/α,β-unsaturated/α-hetero) is 1. The molecule has 4 heteroatoms. The molecule has 3 nitrogen and oxygen atoms in total. The molecule has 1 fully saturated rings. The van der Waals surface area contributed by atoms with Crippen molar-refractivity contribution in [2.24, 2.45) is 5.92 Å². The molecule has 1 aliphatic heterocycles. The number of hydrogen-bond donors (Lipinski definition) is 0. The molecule has 0 amide bonds. The van der Waals surface area contributed by atoms with Crippen molar-refractivity contribution in [3.8, 4) is 0 Å². The molecule has 3 aromatic rings. The first-order valence-electron chi connectivity index (χ1n) is 11.5. The molecule has 164 valence electrons. The average Bonchev–Trinajstić information content (AvgIpc) is 3.10. The van der Waals surface area contributed by atoms with Gasteiger partial charge in [-0.25, -0.2) is 4.39 Å². The van der Waals surface area contributed by atoms with Crippen LogP contribution in [0.3, 0.4) is 0 Å². The molecule has 5 rings (SSSR count). The number of hydrogen-bond acceptors (Lipinski definition) is 3. The first kappa shape index (κ1) is 21.0. The first-order valence-corrected chi connectivity index (χ1v) is 11.5. The Hall–Kier alpha value is -2.85. The number of carbonyl (C=O) groups is 1. The fourth-order valence-electron chi connectivity index (χ4n) is 5.69. The first-order chi connectivity index (χ1) is 15.5. The standard InChI is InChI=1S/C28H29FN2O/c1-19-10-11-24(29)16-22(19)18-31-14-12-23(13-15-31)28(26-9-5-6-20(2)30-26)17-21-7-3-4-8-25(21)27(28)32/h3-11,16,23H,12-15,17-18H2,1-2H3. The summed E-state index contributed by atoms with van der Waals surface area (Å²) in [6, 6.07) is 19.1. The van der Waals surface area contributed by atoms with E-state index in [-0.39, 0.29) is 17.5 Å². The predicted molar refractivity (Wildman–Crippen MR) is 124 cm³/mol. The third kappa shape index (κ3) is 3.57. The van der Waals surface area contributed by atoms with Gasteiger partial charge in [-0.1, -0.05) is 36.4 Å². The Morgan fingerprint density at radius 3 is 2.56 bits per heavy atom. The number of aryl methyl sites for hydroxylation is 2. The summed E-state index contributed by atoms with van der Waals surface area (Å²) < 4.78 is 13.7. The number of pyridine rings is 1. The van der Waals surface area contributed by atoms with E-state index in [2.05, 4.69) is 11.0 Å². The van der Waals surface area contributed by atoms with E-state index in [1.165, 1.54) is 6.07 Å². The van der Waals surface area contributed by atoms with Crippen LogP contribution in [0.1, 0.15) is 51.3 Å². The molecule has 1 aliphatic carbocycles. The van der Waals surface area contributed by atoms with Crippen molar-refractivity contribution >= 4 is 5.78 Å². The average molecular weight is 429 g/mol. The minimum absolute atomic E-state index is 0.181. The number of fused-ring (bicyclic) bond motifs is 1. The highest BCUT2D eigenvalue weighted by Gasteiger charge is 2.53. The van der Waals surface area contributed by atoms with Gasteiger partial charge in [0.25, 0.3) is 0 Å². The van der Waals surface area contributed by atoms with E-state index < -0.39 is 5.41 Å². The van der Waals surface area contributed by atoms with E-state index in [0.717, 1.165) is 72.5 Å². The minimum Gasteiger partial charge on any atom is -0.299 e. The van der Waals surface area contributed by atoms with Gasteiger partial charge >= 0.3 is 0 Å². The summed E-state index contributed by atoms with van der Waals surface area (Å²) in [5, 5.41) is 0. The molecule has 1 atom stereocenters. The number of ketones is 1. The Morgan fingerprint density at radius 1 is 1.03 bits per heavy atom. The largest absolute Gasteiger partial charge is 0.299 e. The van der Waals surface area contributed by atoms with E-state index in [4.69, 9.17) is 4.98 Å². The van der Waals surface area contributed by atoms with Crippen molar-refractivity contribution in [2.45, 2.75) is 45.1 Å². The lowest BCUT2D eigenvalue weighted by Gasteiger charge is -2.41. The Morgan fingerprint density at radius 2 is 1.81 bits per heavy atom. The van der Waals surface area contributed by atoms with Crippen LogP contribution in [0.2, 0.25) is 0 Å². The second-order valence-corrected chi connectivity index (χ2v) is 9.42. The molecule has 0 radical (unpaired) electrons. The van der Waals surface area contributed by atoms with Crippen LogP contribution in [0, 0.1) is 25.6 Å². The highest BCUT2D eigenvalue weighted by Crippen LogP contribution is 2.48. The number of piperidine rings is 1. The number of aromatic nitrogens is 1. The maximum absolute atomic E-state index is 13.9. The Balaban J connectivity index is 1.42. The normalized spacial score (nSPS) is 21.7. The van der Waals surface area contributed by atoms with Crippen LogP contribution in [0.15, 0.2) is 60.7 Å². The van der Waals surface area contributed by atoms with Crippen LogP contribution >= 0.6 is 0 Å². The molecule has 2 heterocycles. The molecule has 1 saturated heterocycles. The summed E-state index contributed by atoms with van der Waals surface area (Å²) in [5.74, 6) is 0.284. The monoisotopic (exact) mass is 428 g/mol. The lowest BCUT2D eigenvalue weighted by Crippen LogP contribution is -2.47. The van der Waals surface area contributed by atoms with Crippen molar-refractivity contribution in [1.29, 1.82) is 0 Å². The number of rotatable bonds is 4. The van der Waals surface area contributed by atoms with E-state index in [1.54, 1.807) is 6.07 Å². The highest BCUT2D eigenvalue weighted by atomic mass is 19.1. The van der Waals surface area contributed by atoms with Gasteiger partial charge in [0.15, 0.2) is 5.78 Å². The third-order valence-electron chi connectivity index (χ3n) is 7.47. The zero-order valence-electron chi connectivity index (χ0n) is 18.8. The topological polar surface area (TPSA) is 33.2 Å². The fraction of sp³-hybridized carbons (Fsp3) is 0.357. The Bertz CT molecular complexity index is 1170. The third-order valence-corrected chi connectivity index (χ3v) is 7.47. The Kier molecular flexibility index (Phi) is 5.42. The second-order valence-electron chi connectivity index (χ2n) is 9.42. The highest BCUT2D eigenvalue weighted by molar-refractivity contribution is 6.08. The van der Waals surface area contributed by atoms with Gasteiger partial charge in [0.2, 0.25) is 0 Å². The maximum Gasteiger partial charge on any atom is 0.175 e. The molecule has 1 aromatic heterocycles. The molecule has 0 spiro atoms. The van der Waals surface area contributed by atoms with Crippen molar-refractivity contribution in [1.82, 2.24) is 9.88 Å². The van der Waals surface area contributed by atoms with Gasteiger partial charge < -0.3 is 0 Å².